The molecule has 0 fully saturated rings. The Morgan fingerprint density at radius 1 is 0.274 bits per heavy atom. The van der Waals surface area contributed by atoms with Gasteiger partial charge in [-0.15, -0.1) is 0 Å². The number of hydrogen-bond acceptors (Lipinski definition) is 6. The molecule has 0 unspecified atom stereocenters. The maximum absolute atomic E-state index is 5.55. The quantitative estimate of drug-likeness (QED) is 0.151. The fourth-order valence-electron chi connectivity index (χ4n) is 11.6. The van der Waals surface area contributed by atoms with Gasteiger partial charge in [-0.25, -0.2) is 29.9 Å². The van der Waals surface area contributed by atoms with Crippen LogP contribution in [0.5, 0.6) is 0 Å². The standard InChI is InChI=1S/C76H70N8/c1-73(2,3)52-40-50(41-53(45-52)74(4,5)6)70-78-69(79-71(80-70)51-42-54(75(7,8)9)46-55(43-51)76(10,11)12)49-36-38-63(60(44-49)72-81-67(47-26-16-13-17-27-47)77-68(82-72)48-28-18-14-19-29-48)84-62-35-25-23-33-59(62)65-64(84)39-37-58-57-32-22-24-34-61(57)83(66(58)65)56-30-20-15-21-31-56/h13-46H,1-12H3. The van der Waals surface area contributed by atoms with Gasteiger partial charge in [0, 0.05) is 60.6 Å². The molecule has 4 aromatic heterocycles. The van der Waals surface area contributed by atoms with Crippen molar-refractivity contribution in [3.05, 3.63) is 229 Å². The van der Waals surface area contributed by atoms with Crippen LogP contribution in [-0.4, -0.2) is 39.0 Å². The van der Waals surface area contributed by atoms with Crippen LogP contribution in [0.15, 0.2) is 206 Å². The summed E-state index contributed by atoms with van der Waals surface area (Å²) in [6, 6.07) is 73.5. The van der Waals surface area contributed by atoms with E-state index >= 15 is 0 Å². The van der Waals surface area contributed by atoms with E-state index in [4.69, 9.17) is 29.9 Å². The van der Waals surface area contributed by atoms with Crippen LogP contribution < -0.4 is 0 Å². The lowest BCUT2D eigenvalue weighted by Crippen LogP contribution is -2.17. The van der Waals surface area contributed by atoms with E-state index in [0.29, 0.717) is 34.9 Å². The van der Waals surface area contributed by atoms with Crippen LogP contribution in [0.4, 0.5) is 0 Å². The zero-order valence-electron chi connectivity index (χ0n) is 50.2. The zero-order chi connectivity index (χ0) is 58.5. The van der Waals surface area contributed by atoms with Gasteiger partial charge in [0.15, 0.2) is 34.9 Å². The van der Waals surface area contributed by atoms with Crippen LogP contribution in [0.1, 0.15) is 105 Å². The van der Waals surface area contributed by atoms with Crippen molar-refractivity contribution in [2.45, 2.75) is 105 Å². The van der Waals surface area contributed by atoms with E-state index in [1.54, 1.807) is 0 Å². The van der Waals surface area contributed by atoms with E-state index in [2.05, 4.69) is 262 Å². The highest BCUT2D eigenvalue weighted by Gasteiger charge is 2.28. The number of para-hydroxylation sites is 3. The number of aromatic nitrogens is 8. The van der Waals surface area contributed by atoms with E-state index < -0.39 is 0 Å². The molecule has 414 valence electrons. The number of benzene rings is 9. The molecule has 9 aromatic carbocycles. The highest BCUT2D eigenvalue weighted by Crippen LogP contribution is 2.45. The second-order valence-corrected chi connectivity index (χ2v) is 26.6. The zero-order valence-corrected chi connectivity index (χ0v) is 50.2. The molecule has 8 heteroatoms. The molecule has 0 aliphatic carbocycles. The third kappa shape index (κ3) is 9.83. The SMILES string of the molecule is CC(C)(C)c1cc(-c2nc(-c3cc(C(C)(C)C)cc(C(C)(C)C)c3)nc(-c3ccc(-n4c5ccccc5c5c4ccc4c6ccccc6n(-c6ccccc6)c45)c(-c4nc(-c5ccccc5)nc(-c5ccccc5)n4)c3)n2)cc(C(C)(C)C)c1. The van der Waals surface area contributed by atoms with Gasteiger partial charge in [-0.05, 0) is 117 Å². The first-order chi connectivity index (χ1) is 40.2. The molecule has 13 aromatic rings. The highest BCUT2D eigenvalue weighted by atomic mass is 15.1. The Balaban J connectivity index is 1.14. The van der Waals surface area contributed by atoms with Crippen molar-refractivity contribution >= 4 is 43.6 Å². The van der Waals surface area contributed by atoms with Crippen LogP contribution in [0, 0.1) is 0 Å². The van der Waals surface area contributed by atoms with Crippen LogP contribution in [0.2, 0.25) is 0 Å². The summed E-state index contributed by atoms with van der Waals surface area (Å²) in [6.45, 7) is 27.3. The fraction of sp³-hybridized carbons (Fsp3) is 0.211. The van der Waals surface area contributed by atoms with Gasteiger partial charge in [-0.1, -0.05) is 217 Å². The molecule has 8 nitrogen and oxygen atoms in total. The first-order valence-corrected chi connectivity index (χ1v) is 29.3. The Labute approximate surface area is 493 Å². The first kappa shape index (κ1) is 53.9. The molecule has 0 aliphatic heterocycles. The molecule has 0 radical (unpaired) electrons. The van der Waals surface area contributed by atoms with Gasteiger partial charge in [-0.2, -0.15) is 0 Å². The van der Waals surface area contributed by atoms with Gasteiger partial charge in [0.05, 0.1) is 27.8 Å². The normalized spacial score (nSPS) is 12.5. The number of nitrogens with zero attached hydrogens (tertiary/aromatic N) is 8. The summed E-state index contributed by atoms with van der Waals surface area (Å²) in [5, 5.41) is 4.66. The molecule has 0 amide bonds. The number of rotatable bonds is 8. The lowest BCUT2D eigenvalue weighted by Gasteiger charge is -2.26. The molecule has 0 spiro atoms. The Hall–Kier alpha value is -9.40. The summed E-state index contributed by atoms with van der Waals surface area (Å²) >= 11 is 0. The molecule has 0 aliphatic rings. The predicted octanol–water partition coefficient (Wildman–Crippen LogP) is 19.4. The van der Waals surface area contributed by atoms with E-state index in [1.165, 1.54) is 33.0 Å². The lowest BCUT2D eigenvalue weighted by atomic mass is 9.79. The summed E-state index contributed by atoms with van der Waals surface area (Å²) < 4.78 is 4.82. The van der Waals surface area contributed by atoms with Crippen molar-refractivity contribution < 1.29 is 0 Å². The van der Waals surface area contributed by atoms with Gasteiger partial charge >= 0.3 is 0 Å². The lowest BCUT2D eigenvalue weighted by molar-refractivity contribution is 0.568. The van der Waals surface area contributed by atoms with Crippen molar-refractivity contribution in [2.24, 2.45) is 0 Å². The molecular formula is C76H70N8. The van der Waals surface area contributed by atoms with Gasteiger partial charge in [-0.3, -0.25) is 0 Å². The van der Waals surface area contributed by atoms with Crippen LogP contribution in [0.3, 0.4) is 0 Å². The highest BCUT2D eigenvalue weighted by molar-refractivity contribution is 6.26. The van der Waals surface area contributed by atoms with Crippen LogP contribution >= 0.6 is 0 Å². The van der Waals surface area contributed by atoms with E-state index in [1.807, 2.05) is 36.4 Å². The summed E-state index contributed by atoms with van der Waals surface area (Å²) in [5.41, 5.74) is 15.9. The fourth-order valence-corrected chi connectivity index (χ4v) is 11.6. The van der Waals surface area contributed by atoms with Gasteiger partial charge in [0.2, 0.25) is 0 Å². The maximum Gasteiger partial charge on any atom is 0.166 e. The Morgan fingerprint density at radius 2 is 0.667 bits per heavy atom. The molecule has 0 saturated heterocycles. The molecule has 0 bridgehead atoms. The monoisotopic (exact) mass is 1090 g/mol. The third-order valence-corrected chi connectivity index (χ3v) is 16.4. The second-order valence-electron chi connectivity index (χ2n) is 26.6. The maximum atomic E-state index is 5.55. The van der Waals surface area contributed by atoms with E-state index in [0.717, 1.165) is 77.6 Å². The van der Waals surface area contributed by atoms with Crippen molar-refractivity contribution in [1.29, 1.82) is 0 Å². The Morgan fingerprint density at radius 3 is 1.14 bits per heavy atom. The third-order valence-electron chi connectivity index (χ3n) is 16.4. The van der Waals surface area contributed by atoms with Crippen molar-refractivity contribution in [3.63, 3.8) is 0 Å². The smallest absolute Gasteiger partial charge is 0.166 e. The minimum absolute atomic E-state index is 0.138. The average molecular weight is 1100 g/mol. The predicted molar refractivity (Wildman–Crippen MR) is 349 cm³/mol. The number of fused-ring (bicyclic) bond motifs is 7. The molecule has 0 saturated carbocycles. The topological polar surface area (TPSA) is 87.2 Å². The Bertz CT molecular complexity index is 4460. The minimum Gasteiger partial charge on any atom is -0.309 e. The van der Waals surface area contributed by atoms with E-state index in [9.17, 15) is 0 Å². The first-order valence-electron chi connectivity index (χ1n) is 29.3. The van der Waals surface area contributed by atoms with Crippen LogP contribution in [0.25, 0.3) is 123 Å². The average Bonchev–Trinajstić information content (AvgIpc) is 1.79. The summed E-state index contributed by atoms with van der Waals surface area (Å²) in [6.07, 6.45) is 0. The van der Waals surface area contributed by atoms with E-state index in [-0.39, 0.29) is 21.7 Å². The minimum atomic E-state index is -0.138. The van der Waals surface area contributed by atoms with Crippen molar-refractivity contribution in [1.82, 2.24) is 39.0 Å². The molecule has 0 atom stereocenters. The van der Waals surface area contributed by atoms with Gasteiger partial charge in [0.1, 0.15) is 0 Å². The largest absolute Gasteiger partial charge is 0.309 e. The molecule has 4 heterocycles. The summed E-state index contributed by atoms with van der Waals surface area (Å²) in [4.78, 5) is 32.7. The Kier molecular flexibility index (Phi) is 13.0. The summed E-state index contributed by atoms with van der Waals surface area (Å²) in [7, 11) is 0. The van der Waals surface area contributed by atoms with Gasteiger partial charge < -0.3 is 9.13 Å². The van der Waals surface area contributed by atoms with Crippen molar-refractivity contribution in [3.8, 4) is 79.7 Å². The molecule has 0 N–H and O–H groups in total. The molecular weight excluding hydrogens is 1020 g/mol. The second kappa shape index (κ2) is 20.2. The van der Waals surface area contributed by atoms with Crippen LogP contribution in [-0.2, 0) is 21.7 Å². The molecule has 84 heavy (non-hydrogen) atoms. The number of hydrogen-bond donors (Lipinski definition) is 0. The van der Waals surface area contributed by atoms with Gasteiger partial charge in [0.25, 0.3) is 0 Å². The molecule has 13 rings (SSSR count). The van der Waals surface area contributed by atoms with Crippen molar-refractivity contribution in [2.75, 3.05) is 0 Å². The summed E-state index contributed by atoms with van der Waals surface area (Å²) in [5.74, 6) is 3.40.